The molecule has 5 heteroatoms. The van der Waals surface area contributed by atoms with E-state index in [2.05, 4.69) is 55.4 Å². The van der Waals surface area contributed by atoms with E-state index in [1.807, 2.05) is 24.3 Å². The zero-order valence-corrected chi connectivity index (χ0v) is 17.3. The van der Waals surface area contributed by atoms with Crippen LogP contribution in [0.1, 0.15) is 50.3 Å². The van der Waals surface area contributed by atoms with Crippen molar-refractivity contribution in [2.24, 2.45) is 5.10 Å². The van der Waals surface area contributed by atoms with Crippen molar-refractivity contribution in [3.05, 3.63) is 70.1 Å². The Bertz CT molecular complexity index is 958. The van der Waals surface area contributed by atoms with Crippen molar-refractivity contribution in [1.82, 2.24) is 4.98 Å². The second-order valence-corrected chi connectivity index (χ2v) is 8.52. The molecule has 0 aliphatic carbocycles. The van der Waals surface area contributed by atoms with Crippen molar-refractivity contribution in [1.29, 1.82) is 0 Å². The van der Waals surface area contributed by atoms with Crippen molar-refractivity contribution < 1.29 is 0 Å². The van der Waals surface area contributed by atoms with E-state index in [1.165, 1.54) is 11.1 Å². The summed E-state index contributed by atoms with van der Waals surface area (Å²) < 4.78 is 0. The summed E-state index contributed by atoms with van der Waals surface area (Å²) in [6, 6.07) is 16.9. The maximum atomic E-state index is 6.00. The van der Waals surface area contributed by atoms with Crippen LogP contribution in [0.25, 0.3) is 11.3 Å². The number of halogens is 1. The maximum Gasteiger partial charge on any atom is 0.207 e. The van der Waals surface area contributed by atoms with Crippen LogP contribution in [0.2, 0.25) is 5.02 Å². The van der Waals surface area contributed by atoms with Crippen molar-refractivity contribution in [2.45, 2.75) is 39.2 Å². The average molecular weight is 396 g/mol. The van der Waals surface area contributed by atoms with Crippen LogP contribution in [0.4, 0.5) is 5.13 Å². The molecule has 4 rings (SSSR count). The lowest BCUT2D eigenvalue weighted by atomic mass is 9.97. The zero-order valence-electron chi connectivity index (χ0n) is 15.7. The van der Waals surface area contributed by atoms with E-state index >= 15 is 0 Å². The van der Waals surface area contributed by atoms with Gasteiger partial charge in [-0.05, 0) is 36.1 Å². The van der Waals surface area contributed by atoms with Gasteiger partial charge in [-0.2, -0.15) is 5.10 Å². The Morgan fingerprint density at radius 1 is 1.07 bits per heavy atom. The van der Waals surface area contributed by atoms with Gasteiger partial charge in [0.2, 0.25) is 5.13 Å². The minimum absolute atomic E-state index is 0.204. The molecule has 0 fully saturated rings. The second-order valence-electron chi connectivity index (χ2n) is 7.24. The van der Waals surface area contributed by atoms with Gasteiger partial charge in [-0.1, -0.05) is 61.8 Å². The normalized spacial score (nSPS) is 16.9. The first kappa shape index (κ1) is 18.2. The van der Waals surface area contributed by atoms with Gasteiger partial charge in [0.15, 0.2) is 0 Å². The lowest BCUT2D eigenvalue weighted by Crippen LogP contribution is -2.18. The van der Waals surface area contributed by atoms with Crippen LogP contribution in [0.3, 0.4) is 0 Å². The van der Waals surface area contributed by atoms with E-state index in [9.17, 15) is 0 Å². The number of rotatable bonds is 4. The highest BCUT2D eigenvalue weighted by Gasteiger charge is 2.29. The minimum Gasteiger partial charge on any atom is -0.231 e. The molecule has 138 valence electrons. The average Bonchev–Trinajstić information content (AvgIpc) is 3.29. The molecule has 1 aromatic heterocycles. The van der Waals surface area contributed by atoms with Crippen LogP contribution >= 0.6 is 22.9 Å². The molecule has 1 unspecified atom stereocenters. The van der Waals surface area contributed by atoms with Crippen LogP contribution in [0, 0.1) is 0 Å². The molecule has 1 atom stereocenters. The van der Waals surface area contributed by atoms with Crippen molar-refractivity contribution >= 4 is 33.8 Å². The molecular formula is C22H22ClN3S. The Morgan fingerprint density at radius 2 is 1.78 bits per heavy atom. The number of nitrogens with zero attached hydrogens (tertiary/aromatic N) is 3. The fourth-order valence-electron chi connectivity index (χ4n) is 3.32. The number of hydrogen-bond donors (Lipinski definition) is 0. The molecule has 0 saturated heterocycles. The Morgan fingerprint density at radius 3 is 2.44 bits per heavy atom. The molecule has 0 radical (unpaired) electrons. The molecule has 2 aromatic carbocycles. The van der Waals surface area contributed by atoms with Gasteiger partial charge in [0, 0.05) is 28.1 Å². The van der Waals surface area contributed by atoms with Crippen molar-refractivity contribution in [3.63, 3.8) is 0 Å². The van der Waals surface area contributed by atoms with Gasteiger partial charge in [-0.15, -0.1) is 11.3 Å². The monoisotopic (exact) mass is 395 g/mol. The summed E-state index contributed by atoms with van der Waals surface area (Å²) in [6.07, 6.45) is 0.927. The second kappa shape index (κ2) is 7.45. The third-order valence-corrected chi connectivity index (χ3v) is 5.96. The van der Waals surface area contributed by atoms with Crippen molar-refractivity contribution in [2.75, 3.05) is 5.01 Å². The van der Waals surface area contributed by atoms with E-state index in [0.717, 1.165) is 33.5 Å². The van der Waals surface area contributed by atoms with Gasteiger partial charge in [0.25, 0.3) is 0 Å². The Balaban J connectivity index is 1.62. The summed E-state index contributed by atoms with van der Waals surface area (Å²) in [6.45, 7) is 6.53. The van der Waals surface area contributed by atoms with Gasteiger partial charge in [-0.3, -0.25) is 0 Å². The molecule has 0 bridgehead atoms. The first-order chi connectivity index (χ1) is 13.0. The SMILES string of the molecule is CC1=NN(c2nc(-c3ccc(Cl)cc3)cs2)C(c2ccc(C(C)C)cc2)C1. The quantitative estimate of drug-likeness (QED) is 0.479. The first-order valence-electron chi connectivity index (χ1n) is 9.16. The highest BCUT2D eigenvalue weighted by atomic mass is 35.5. The van der Waals surface area contributed by atoms with Crippen LogP contribution in [0.5, 0.6) is 0 Å². The van der Waals surface area contributed by atoms with Crippen LogP contribution in [-0.4, -0.2) is 10.7 Å². The number of benzene rings is 2. The summed E-state index contributed by atoms with van der Waals surface area (Å²) in [7, 11) is 0. The molecule has 1 aliphatic heterocycles. The van der Waals surface area contributed by atoms with Crippen molar-refractivity contribution in [3.8, 4) is 11.3 Å². The topological polar surface area (TPSA) is 28.5 Å². The molecule has 2 heterocycles. The highest BCUT2D eigenvalue weighted by Crippen LogP contribution is 2.38. The molecule has 3 nitrogen and oxygen atoms in total. The molecule has 0 amide bonds. The first-order valence-corrected chi connectivity index (χ1v) is 10.4. The Kier molecular flexibility index (Phi) is 5.02. The fraction of sp³-hybridized carbons (Fsp3) is 0.273. The van der Waals surface area contributed by atoms with Gasteiger partial charge < -0.3 is 0 Å². The Hall–Kier alpha value is -2.17. The largest absolute Gasteiger partial charge is 0.231 e. The third kappa shape index (κ3) is 3.78. The van der Waals surface area contributed by atoms with Gasteiger partial charge in [0.05, 0.1) is 11.7 Å². The summed E-state index contributed by atoms with van der Waals surface area (Å²) in [5.41, 5.74) is 5.81. The Labute approximate surface area is 169 Å². The molecule has 0 spiro atoms. The van der Waals surface area contributed by atoms with E-state index in [0.29, 0.717) is 5.92 Å². The smallest absolute Gasteiger partial charge is 0.207 e. The molecular weight excluding hydrogens is 374 g/mol. The van der Waals surface area contributed by atoms with E-state index in [4.69, 9.17) is 21.7 Å². The lowest BCUT2D eigenvalue weighted by Gasteiger charge is -2.21. The predicted octanol–water partition coefficient (Wildman–Crippen LogP) is 6.91. The highest BCUT2D eigenvalue weighted by molar-refractivity contribution is 7.14. The van der Waals surface area contributed by atoms with Gasteiger partial charge >= 0.3 is 0 Å². The number of hydrogen-bond acceptors (Lipinski definition) is 4. The molecule has 3 aromatic rings. The maximum absolute atomic E-state index is 6.00. The summed E-state index contributed by atoms with van der Waals surface area (Å²) in [5.74, 6) is 0.539. The van der Waals surface area contributed by atoms with Gasteiger partial charge in [-0.25, -0.2) is 9.99 Å². The molecule has 0 saturated carbocycles. The molecule has 1 aliphatic rings. The molecule has 27 heavy (non-hydrogen) atoms. The predicted molar refractivity (Wildman–Crippen MR) is 116 cm³/mol. The summed E-state index contributed by atoms with van der Waals surface area (Å²) >= 11 is 7.63. The number of aromatic nitrogens is 1. The lowest BCUT2D eigenvalue weighted by molar-refractivity contribution is 0.705. The van der Waals surface area contributed by atoms with E-state index < -0.39 is 0 Å². The number of anilines is 1. The third-order valence-electron chi connectivity index (χ3n) is 4.88. The van der Waals surface area contributed by atoms with Gasteiger partial charge in [0.1, 0.15) is 0 Å². The zero-order chi connectivity index (χ0) is 19.0. The fourth-order valence-corrected chi connectivity index (χ4v) is 4.28. The molecule has 0 N–H and O–H groups in total. The number of thiazole rings is 1. The van der Waals surface area contributed by atoms with Crippen LogP contribution < -0.4 is 5.01 Å². The number of hydrazone groups is 1. The van der Waals surface area contributed by atoms with Crippen LogP contribution in [-0.2, 0) is 0 Å². The van der Waals surface area contributed by atoms with E-state index in [-0.39, 0.29) is 6.04 Å². The van der Waals surface area contributed by atoms with Crippen LogP contribution in [0.15, 0.2) is 59.0 Å². The minimum atomic E-state index is 0.204. The standard InChI is InChI=1S/C22H22ClN3S/c1-14(2)16-4-6-18(7-5-16)21-12-15(3)25-26(21)22-24-20(13-27-22)17-8-10-19(23)11-9-17/h4-11,13-14,21H,12H2,1-3H3. The summed E-state index contributed by atoms with van der Waals surface area (Å²) in [5, 5.41) is 10.6. The summed E-state index contributed by atoms with van der Waals surface area (Å²) in [4.78, 5) is 4.84. The van der Waals surface area contributed by atoms with E-state index in [1.54, 1.807) is 11.3 Å².